The number of amides is 1. The minimum atomic E-state index is -0.429. The highest BCUT2D eigenvalue weighted by atomic mass is 19.1. The summed E-state index contributed by atoms with van der Waals surface area (Å²) in [5, 5.41) is 3.91. The zero-order valence-corrected chi connectivity index (χ0v) is 9.46. The molecule has 16 heavy (non-hydrogen) atoms. The Labute approximate surface area is 94.4 Å². The van der Waals surface area contributed by atoms with E-state index in [1.165, 1.54) is 18.2 Å². The number of hydrazone groups is 1. The van der Waals surface area contributed by atoms with Crippen LogP contribution in [0, 0.1) is 5.82 Å². The van der Waals surface area contributed by atoms with Gasteiger partial charge in [-0.25, -0.2) is 9.82 Å². The van der Waals surface area contributed by atoms with Crippen LogP contribution in [-0.2, 0) is 0 Å². The molecular formula is C12H15FN2O. The first kappa shape index (κ1) is 12.4. The Kier molecular flexibility index (Phi) is 4.64. The number of carbonyl (C=O) groups excluding carboxylic acids is 1. The Morgan fingerprint density at radius 3 is 2.88 bits per heavy atom. The number of hydrogen-bond donors (Lipinski definition) is 1. The molecule has 0 bridgehead atoms. The monoisotopic (exact) mass is 222 g/mol. The van der Waals surface area contributed by atoms with Crippen LogP contribution in [0.15, 0.2) is 29.4 Å². The molecule has 1 rings (SSSR count). The molecule has 1 N–H and O–H groups in total. The number of benzene rings is 1. The fraction of sp³-hybridized carbons (Fsp3) is 0.333. The molecule has 0 radical (unpaired) electrons. The predicted octanol–water partition coefficient (Wildman–Crippen LogP) is 2.73. The van der Waals surface area contributed by atoms with Crippen LogP contribution < -0.4 is 5.43 Å². The third-order valence-electron chi connectivity index (χ3n) is 2.05. The predicted molar refractivity (Wildman–Crippen MR) is 61.9 cm³/mol. The van der Waals surface area contributed by atoms with E-state index < -0.39 is 11.7 Å². The van der Waals surface area contributed by atoms with Crippen molar-refractivity contribution in [1.29, 1.82) is 0 Å². The molecule has 0 saturated carbocycles. The van der Waals surface area contributed by atoms with Crippen LogP contribution in [0.2, 0.25) is 0 Å². The van der Waals surface area contributed by atoms with Crippen LogP contribution in [0.4, 0.5) is 4.39 Å². The van der Waals surface area contributed by atoms with Gasteiger partial charge in [0.1, 0.15) is 5.82 Å². The van der Waals surface area contributed by atoms with Crippen molar-refractivity contribution in [3.05, 3.63) is 35.6 Å². The van der Waals surface area contributed by atoms with E-state index in [0.717, 1.165) is 18.6 Å². The van der Waals surface area contributed by atoms with E-state index >= 15 is 0 Å². The molecule has 1 amide bonds. The van der Waals surface area contributed by atoms with Gasteiger partial charge in [-0.3, -0.25) is 4.79 Å². The lowest BCUT2D eigenvalue weighted by atomic mass is 10.2. The summed E-state index contributed by atoms with van der Waals surface area (Å²) >= 11 is 0. The van der Waals surface area contributed by atoms with Gasteiger partial charge in [0.25, 0.3) is 5.91 Å². The van der Waals surface area contributed by atoms with Crippen molar-refractivity contribution in [3.63, 3.8) is 0 Å². The number of rotatable bonds is 4. The minimum Gasteiger partial charge on any atom is -0.267 e. The second-order valence-electron chi connectivity index (χ2n) is 3.55. The van der Waals surface area contributed by atoms with Crippen LogP contribution in [0.25, 0.3) is 0 Å². The lowest BCUT2D eigenvalue weighted by molar-refractivity contribution is 0.0954. The molecule has 0 aliphatic carbocycles. The fourth-order valence-corrected chi connectivity index (χ4v) is 1.26. The summed E-state index contributed by atoms with van der Waals surface area (Å²) < 4.78 is 12.8. The molecule has 0 aliphatic heterocycles. The smallest absolute Gasteiger partial charge is 0.267 e. The second-order valence-corrected chi connectivity index (χ2v) is 3.55. The van der Waals surface area contributed by atoms with Crippen LogP contribution in [-0.4, -0.2) is 11.6 Å². The standard InChI is InChI=1S/C12H15FN2O/c1-3-5-9(2)14-15-12(16)10-6-4-7-11(13)8-10/h4,6-8H,3,5H2,1-2H3,(H,15,16)/b14-9+. The first-order valence-corrected chi connectivity index (χ1v) is 5.22. The molecule has 0 fully saturated rings. The summed E-state index contributed by atoms with van der Waals surface area (Å²) in [6.07, 6.45) is 1.81. The topological polar surface area (TPSA) is 41.5 Å². The molecule has 0 spiro atoms. The Balaban J connectivity index is 2.63. The van der Waals surface area contributed by atoms with E-state index in [1.807, 2.05) is 13.8 Å². The van der Waals surface area contributed by atoms with E-state index in [9.17, 15) is 9.18 Å². The van der Waals surface area contributed by atoms with Crippen LogP contribution in [0.1, 0.15) is 37.0 Å². The molecule has 0 heterocycles. The molecule has 0 aromatic heterocycles. The highest BCUT2D eigenvalue weighted by Gasteiger charge is 2.04. The first-order valence-electron chi connectivity index (χ1n) is 5.22. The molecule has 0 atom stereocenters. The molecule has 0 unspecified atom stereocenters. The summed E-state index contributed by atoms with van der Waals surface area (Å²) in [4.78, 5) is 11.5. The Bertz CT molecular complexity index is 402. The average molecular weight is 222 g/mol. The Morgan fingerprint density at radius 1 is 1.50 bits per heavy atom. The van der Waals surface area contributed by atoms with Crippen molar-refractivity contribution in [3.8, 4) is 0 Å². The lowest BCUT2D eigenvalue weighted by Gasteiger charge is -2.01. The normalized spacial score (nSPS) is 11.3. The molecule has 0 aliphatic rings. The minimum absolute atomic E-state index is 0.271. The van der Waals surface area contributed by atoms with E-state index in [-0.39, 0.29) is 5.56 Å². The van der Waals surface area contributed by atoms with Crippen molar-refractivity contribution in [2.45, 2.75) is 26.7 Å². The van der Waals surface area contributed by atoms with Crippen LogP contribution in [0.3, 0.4) is 0 Å². The maximum absolute atomic E-state index is 12.8. The largest absolute Gasteiger partial charge is 0.271 e. The summed E-state index contributed by atoms with van der Waals surface area (Å²) in [6.45, 7) is 3.88. The maximum Gasteiger partial charge on any atom is 0.271 e. The van der Waals surface area contributed by atoms with Gasteiger partial charge in [0, 0.05) is 11.3 Å². The highest BCUT2D eigenvalue weighted by molar-refractivity contribution is 5.95. The number of hydrogen-bond acceptors (Lipinski definition) is 2. The molecule has 0 saturated heterocycles. The van der Waals surface area contributed by atoms with Crippen molar-refractivity contribution >= 4 is 11.6 Å². The number of carbonyl (C=O) groups is 1. The van der Waals surface area contributed by atoms with Gasteiger partial charge in [-0.15, -0.1) is 0 Å². The second kappa shape index (κ2) is 6.00. The van der Waals surface area contributed by atoms with Crippen molar-refractivity contribution in [2.24, 2.45) is 5.10 Å². The summed E-state index contributed by atoms with van der Waals surface area (Å²) in [5.74, 6) is -0.822. The van der Waals surface area contributed by atoms with Gasteiger partial charge in [-0.1, -0.05) is 19.4 Å². The third kappa shape index (κ3) is 3.81. The molecule has 4 heteroatoms. The fourth-order valence-electron chi connectivity index (χ4n) is 1.26. The zero-order valence-electron chi connectivity index (χ0n) is 9.46. The van der Waals surface area contributed by atoms with Crippen molar-refractivity contribution in [2.75, 3.05) is 0 Å². The third-order valence-corrected chi connectivity index (χ3v) is 2.05. The summed E-state index contributed by atoms with van der Waals surface area (Å²) in [7, 11) is 0. The van der Waals surface area contributed by atoms with Crippen LogP contribution in [0.5, 0.6) is 0 Å². The van der Waals surface area contributed by atoms with E-state index in [0.29, 0.717) is 0 Å². The highest BCUT2D eigenvalue weighted by Crippen LogP contribution is 2.03. The number of nitrogens with one attached hydrogen (secondary N) is 1. The van der Waals surface area contributed by atoms with Crippen molar-refractivity contribution < 1.29 is 9.18 Å². The molecule has 1 aromatic carbocycles. The van der Waals surface area contributed by atoms with Gasteiger partial charge >= 0.3 is 0 Å². The van der Waals surface area contributed by atoms with Gasteiger partial charge in [0.15, 0.2) is 0 Å². The van der Waals surface area contributed by atoms with Gasteiger partial charge < -0.3 is 0 Å². The molecule has 86 valence electrons. The SMILES string of the molecule is CCC/C(C)=N/NC(=O)c1cccc(F)c1. The first-order chi connectivity index (χ1) is 7.63. The number of halogens is 1. The van der Waals surface area contributed by atoms with Gasteiger partial charge in [-0.05, 0) is 31.5 Å². The van der Waals surface area contributed by atoms with E-state index in [1.54, 1.807) is 6.07 Å². The lowest BCUT2D eigenvalue weighted by Crippen LogP contribution is -2.19. The maximum atomic E-state index is 12.8. The van der Waals surface area contributed by atoms with Gasteiger partial charge in [0.2, 0.25) is 0 Å². The van der Waals surface area contributed by atoms with Gasteiger partial charge in [-0.2, -0.15) is 5.10 Å². The van der Waals surface area contributed by atoms with Gasteiger partial charge in [0.05, 0.1) is 0 Å². The summed E-state index contributed by atoms with van der Waals surface area (Å²) in [5.41, 5.74) is 3.52. The molecule has 3 nitrogen and oxygen atoms in total. The van der Waals surface area contributed by atoms with Crippen molar-refractivity contribution in [1.82, 2.24) is 5.43 Å². The average Bonchev–Trinajstić information content (AvgIpc) is 2.26. The van der Waals surface area contributed by atoms with Crippen LogP contribution >= 0.6 is 0 Å². The summed E-state index contributed by atoms with van der Waals surface area (Å²) in [6, 6.07) is 5.51. The molecule has 1 aromatic rings. The van der Waals surface area contributed by atoms with E-state index in [4.69, 9.17) is 0 Å². The Morgan fingerprint density at radius 2 is 2.25 bits per heavy atom. The quantitative estimate of drug-likeness (QED) is 0.617. The zero-order chi connectivity index (χ0) is 12.0. The molecular weight excluding hydrogens is 207 g/mol. The Hall–Kier alpha value is -1.71. The van der Waals surface area contributed by atoms with E-state index in [2.05, 4.69) is 10.5 Å². The number of nitrogens with zero attached hydrogens (tertiary/aromatic N) is 1.